The summed E-state index contributed by atoms with van der Waals surface area (Å²) in [6.07, 6.45) is 0. The predicted octanol–water partition coefficient (Wildman–Crippen LogP) is 2.78. The highest BCUT2D eigenvalue weighted by atomic mass is 127. The first-order valence-electron chi connectivity index (χ1n) is 3.70. The molecule has 1 aromatic carbocycles. The van der Waals surface area contributed by atoms with Gasteiger partial charge < -0.3 is 9.47 Å². The fraction of sp³-hybridized carbons (Fsp3) is 0.333. The number of rotatable bonds is 3. The fourth-order valence-corrected chi connectivity index (χ4v) is 1.85. The second-order valence-corrected chi connectivity index (χ2v) is 3.56. The van der Waals surface area contributed by atoms with Gasteiger partial charge in [0.1, 0.15) is 18.2 Å². The Morgan fingerprint density at radius 1 is 1.31 bits per heavy atom. The molecule has 0 saturated heterocycles. The van der Waals surface area contributed by atoms with Gasteiger partial charge in [0, 0.05) is 0 Å². The number of halogens is 2. The second kappa shape index (κ2) is 4.64. The maximum atomic E-state index is 12.6. The Bertz CT molecular complexity index is 302. The molecule has 0 spiro atoms. The van der Waals surface area contributed by atoms with Gasteiger partial charge >= 0.3 is 0 Å². The third kappa shape index (κ3) is 2.04. The molecule has 2 nitrogen and oxygen atoms in total. The van der Waals surface area contributed by atoms with Crippen LogP contribution < -0.4 is 9.47 Å². The molecule has 0 aliphatic rings. The van der Waals surface area contributed by atoms with Crippen LogP contribution in [-0.4, -0.2) is 14.2 Å². The predicted molar refractivity (Wildman–Crippen MR) is 57.1 cm³/mol. The zero-order valence-corrected chi connectivity index (χ0v) is 9.59. The first-order chi connectivity index (χ1) is 6.24. The minimum Gasteiger partial charge on any atom is -0.496 e. The van der Waals surface area contributed by atoms with Crippen LogP contribution in [0.1, 0.15) is 5.56 Å². The molecule has 13 heavy (non-hydrogen) atoms. The summed E-state index contributed by atoms with van der Waals surface area (Å²) >= 11 is 2.10. The zero-order chi connectivity index (χ0) is 9.84. The summed E-state index contributed by atoms with van der Waals surface area (Å²) in [5.41, 5.74) is 0.469. The molecule has 0 saturated carbocycles. The van der Waals surface area contributed by atoms with Gasteiger partial charge in [-0.05, 0) is 34.7 Å². The van der Waals surface area contributed by atoms with Crippen LogP contribution in [0, 0.1) is 3.57 Å². The van der Waals surface area contributed by atoms with Gasteiger partial charge in [0.2, 0.25) is 0 Å². The molecule has 72 valence electrons. The molecule has 0 radical (unpaired) electrons. The number of hydrogen-bond donors (Lipinski definition) is 0. The fourth-order valence-electron chi connectivity index (χ4n) is 1.12. The van der Waals surface area contributed by atoms with E-state index in [1.807, 2.05) is 6.07 Å². The van der Waals surface area contributed by atoms with Gasteiger partial charge in [0.25, 0.3) is 0 Å². The Labute approximate surface area is 90.2 Å². The van der Waals surface area contributed by atoms with E-state index < -0.39 is 6.67 Å². The molecule has 1 aromatic rings. The van der Waals surface area contributed by atoms with Crippen LogP contribution in [0.15, 0.2) is 12.1 Å². The van der Waals surface area contributed by atoms with Crippen molar-refractivity contribution in [2.45, 2.75) is 6.67 Å². The zero-order valence-electron chi connectivity index (χ0n) is 7.43. The standard InChI is InChI=1S/C9H10FIO2/c1-12-8-4-3-7(11)9(13-2)6(8)5-10/h3-4H,5H2,1-2H3. The average molecular weight is 296 g/mol. The maximum absolute atomic E-state index is 12.6. The second-order valence-electron chi connectivity index (χ2n) is 2.40. The SMILES string of the molecule is COc1ccc(I)c(OC)c1CF. The van der Waals surface area contributed by atoms with E-state index in [4.69, 9.17) is 9.47 Å². The van der Waals surface area contributed by atoms with Crippen LogP contribution >= 0.6 is 22.6 Å². The quantitative estimate of drug-likeness (QED) is 0.799. The first kappa shape index (κ1) is 10.6. The van der Waals surface area contributed by atoms with Crippen LogP contribution in [0.3, 0.4) is 0 Å². The lowest BCUT2D eigenvalue weighted by atomic mass is 10.2. The van der Waals surface area contributed by atoms with E-state index in [-0.39, 0.29) is 0 Å². The summed E-state index contributed by atoms with van der Waals surface area (Å²) in [6.45, 7) is -0.580. The van der Waals surface area contributed by atoms with Crippen molar-refractivity contribution in [3.63, 3.8) is 0 Å². The van der Waals surface area contributed by atoms with Gasteiger partial charge in [0.15, 0.2) is 0 Å². The number of hydrogen-bond acceptors (Lipinski definition) is 2. The minimum absolute atomic E-state index is 0.469. The van der Waals surface area contributed by atoms with Crippen LogP contribution in [0.2, 0.25) is 0 Å². The van der Waals surface area contributed by atoms with Crippen molar-refractivity contribution in [3.8, 4) is 11.5 Å². The number of ether oxygens (including phenoxy) is 2. The largest absolute Gasteiger partial charge is 0.496 e. The van der Waals surface area contributed by atoms with E-state index in [2.05, 4.69) is 22.6 Å². The van der Waals surface area contributed by atoms with Crippen LogP contribution in [-0.2, 0) is 6.67 Å². The summed E-state index contributed by atoms with van der Waals surface area (Å²) in [7, 11) is 3.04. The van der Waals surface area contributed by atoms with Crippen molar-refractivity contribution in [1.82, 2.24) is 0 Å². The third-order valence-corrected chi connectivity index (χ3v) is 2.58. The molecule has 0 fully saturated rings. The topological polar surface area (TPSA) is 18.5 Å². The monoisotopic (exact) mass is 296 g/mol. The molecule has 0 bridgehead atoms. The molecular weight excluding hydrogens is 286 g/mol. The van der Waals surface area contributed by atoms with Crippen molar-refractivity contribution in [3.05, 3.63) is 21.3 Å². The van der Waals surface area contributed by atoms with Crippen LogP contribution in [0.25, 0.3) is 0 Å². The van der Waals surface area contributed by atoms with Gasteiger partial charge in [-0.25, -0.2) is 4.39 Å². The van der Waals surface area contributed by atoms with Crippen molar-refractivity contribution in [2.24, 2.45) is 0 Å². The van der Waals surface area contributed by atoms with Crippen LogP contribution in [0.4, 0.5) is 4.39 Å². The highest BCUT2D eigenvalue weighted by Gasteiger charge is 2.12. The van der Waals surface area contributed by atoms with Crippen molar-refractivity contribution >= 4 is 22.6 Å². The lowest BCUT2D eigenvalue weighted by molar-refractivity contribution is 0.364. The highest BCUT2D eigenvalue weighted by Crippen LogP contribution is 2.33. The van der Waals surface area contributed by atoms with E-state index in [0.29, 0.717) is 17.1 Å². The number of alkyl halides is 1. The van der Waals surface area contributed by atoms with Gasteiger partial charge in [-0.1, -0.05) is 0 Å². The van der Waals surface area contributed by atoms with Gasteiger partial charge in [-0.3, -0.25) is 0 Å². The van der Waals surface area contributed by atoms with E-state index in [9.17, 15) is 4.39 Å². The summed E-state index contributed by atoms with van der Waals surface area (Å²) < 4.78 is 23.6. The molecule has 0 heterocycles. The van der Waals surface area contributed by atoms with Crippen LogP contribution in [0.5, 0.6) is 11.5 Å². The number of methoxy groups -OCH3 is 2. The van der Waals surface area contributed by atoms with Crippen molar-refractivity contribution < 1.29 is 13.9 Å². The van der Waals surface area contributed by atoms with E-state index in [0.717, 1.165) is 3.57 Å². The molecule has 0 aliphatic carbocycles. The first-order valence-corrected chi connectivity index (χ1v) is 4.77. The minimum atomic E-state index is -0.580. The van der Waals surface area contributed by atoms with Crippen molar-refractivity contribution in [1.29, 1.82) is 0 Å². The Kier molecular flexibility index (Phi) is 3.77. The van der Waals surface area contributed by atoms with Crippen molar-refractivity contribution in [2.75, 3.05) is 14.2 Å². The Hall–Kier alpha value is -0.520. The summed E-state index contributed by atoms with van der Waals surface area (Å²) in [5.74, 6) is 1.09. The summed E-state index contributed by atoms with van der Waals surface area (Å²) in [4.78, 5) is 0. The lowest BCUT2D eigenvalue weighted by Gasteiger charge is -2.11. The summed E-state index contributed by atoms with van der Waals surface area (Å²) in [5, 5.41) is 0. The summed E-state index contributed by atoms with van der Waals surface area (Å²) in [6, 6.07) is 3.57. The third-order valence-electron chi connectivity index (χ3n) is 1.73. The molecule has 0 amide bonds. The molecule has 4 heteroatoms. The van der Waals surface area contributed by atoms with E-state index >= 15 is 0 Å². The Morgan fingerprint density at radius 2 is 2.00 bits per heavy atom. The molecule has 0 atom stereocenters. The molecule has 1 rings (SSSR count). The molecule has 0 aliphatic heterocycles. The maximum Gasteiger partial charge on any atom is 0.141 e. The number of benzene rings is 1. The Morgan fingerprint density at radius 3 is 2.46 bits per heavy atom. The molecule has 0 unspecified atom stereocenters. The normalized spacial score (nSPS) is 9.85. The molecule has 0 N–H and O–H groups in total. The van der Waals surface area contributed by atoms with Gasteiger partial charge in [-0.15, -0.1) is 0 Å². The van der Waals surface area contributed by atoms with Gasteiger partial charge in [-0.2, -0.15) is 0 Å². The highest BCUT2D eigenvalue weighted by molar-refractivity contribution is 14.1. The van der Waals surface area contributed by atoms with Gasteiger partial charge in [0.05, 0.1) is 23.4 Å². The molecule has 0 aromatic heterocycles. The van der Waals surface area contributed by atoms with E-state index in [1.54, 1.807) is 6.07 Å². The Balaban J connectivity index is 3.27. The van der Waals surface area contributed by atoms with E-state index in [1.165, 1.54) is 14.2 Å². The lowest BCUT2D eigenvalue weighted by Crippen LogP contribution is -1.96. The smallest absolute Gasteiger partial charge is 0.141 e. The molecular formula is C9H10FIO2. The average Bonchev–Trinajstić information content (AvgIpc) is 2.17.